The Kier molecular flexibility index (Phi) is 4.52. The fourth-order valence-electron chi connectivity index (χ4n) is 3.84. The first-order chi connectivity index (χ1) is 11.7. The molecule has 130 valence electrons. The molecule has 1 spiro atoms. The number of aromatic nitrogens is 1. The highest BCUT2D eigenvalue weighted by atomic mass is 16.5. The van der Waals surface area contributed by atoms with Crippen LogP contribution >= 0.6 is 0 Å². The van der Waals surface area contributed by atoms with E-state index in [1.165, 1.54) is 0 Å². The fraction of sp³-hybridized carbons (Fsp3) is 0.667. The van der Waals surface area contributed by atoms with Crippen molar-refractivity contribution in [3.05, 3.63) is 30.1 Å². The van der Waals surface area contributed by atoms with Crippen LogP contribution < -0.4 is 0 Å². The zero-order valence-corrected chi connectivity index (χ0v) is 13.9. The lowest BCUT2D eigenvalue weighted by molar-refractivity contribution is -0.204. The van der Waals surface area contributed by atoms with Gasteiger partial charge in [0, 0.05) is 32.0 Å². The molecule has 4 heterocycles. The quantitative estimate of drug-likeness (QED) is 0.834. The van der Waals surface area contributed by atoms with Crippen LogP contribution in [0.5, 0.6) is 0 Å². The monoisotopic (exact) mass is 332 g/mol. The van der Waals surface area contributed by atoms with Crippen LogP contribution in [0.15, 0.2) is 24.5 Å². The molecule has 3 saturated heterocycles. The number of hydrogen-bond acceptors (Lipinski definition) is 5. The van der Waals surface area contributed by atoms with E-state index in [0.29, 0.717) is 39.5 Å². The number of likely N-dealkylation sites (tertiary alicyclic amines) is 1. The van der Waals surface area contributed by atoms with Crippen molar-refractivity contribution >= 4 is 5.91 Å². The third kappa shape index (κ3) is 3.31. The zero-order valence-electron chi connectivity index (χ0n) is 13.9. The Labute approximate surface area is 142 Å². The van der Waals surface area contributed by atoms with Crippen molar-refractivity contribution in [2.24, 2.45) is 5.92 Å². The van der Waals surface area contributed by atoms with Gasteiger partial charge in [-0.05, 0) is 24.5 Å². The van der Waals surface area contributed by atoms with Crippen LogP contribution in [-0.4, -0.2) is 60.4 Å². The number of carbonyl (C=O) groups is 1. The van der Waals surface area contributed by atoms with Gasteiger partial charge in [-0.25, -0.2) is 0 Å². The summed E-state index contributed by atoms with van der Waals surface area (Å²) in [5.41, 5.74) is 0.886. The normalized spacial score (nSPS) is 28.8. The Morgan fingerprint density at radius 2 is 2.29 bits per heavy atom. The molecule has 3 fully saturated rings. The summed E-state index contributed by atoms with van der Waals surface area (Å²) < 4.78 is 17.4. The third-order valence-electron chi connectivity index (χ3n) is 5.20. The Morgan fingerprint density at radius 3 is 3.04 bits per heavy atom. The van der Waals surface area contributed by atoms with Crippen LogP contribution in [0, 0.1) is 5.92 Å². The van der Waals surface area contributed by atoms with Gasteiger partial charge in [0.2, 0.25) is 5.91 Å². The van der Waals surface area contributed by atoms with Crippen LogP contribution in [-0.2, 0) is 25.6 Å². The first kappa shape index (κ1) is 16.0. The van der Waals surface area contributed by atoms with Crippen molar-refractivity contribution in [2.45, 2.75) is 37.6 Å². The summed E-state index contributed by atoms with van der Waals surface area (Å²) in [5.74, 6) is 0.267. The van der Waals surface area contributed by atoms with E-state index in [0.717, 1.165) is 24.8 Å². The van der Waals surface area contributed by atoms with Gasteiger partial charge in [-0.3, -0.25) is 9.78 Å². The minimum atomic E-state index is -0.201. The van der Waals surface area contributed by atoms with Crippen LogP contribution in [0.1, 0.15) is 24.8 Å². The van der Waals surface area contributed by atoms with Gasteiger partial charge in [-0.2, -0.15) is 0 Å². The molecule has 0 saturated carbocycles. The van der Waals surface area contributed by atoms with Crippen molar-refractivity contribution in [1.29, 1.82) is 0 Å². The molecule has 0 radical (unpaired) electrons. The Bertz CT molecular complexity index is 568. The van der Waals surface area contributed by atoms with Gasteiger partial charge in [0.25, 0.3) is 0 Å². The summed E-state index contributed by atoms with van der Waals surface area (Å²) >= 11 is 0. The molecule has 1 aromatic heterocycles. The molecule has 6 nitrogen and oxygen atoms in total. The van der Waals surface area contributed by atoms with Crippen molar-refractivity contribution < 1.29 is 19.0 Å². The smallest absolute Gasteiger partial charge is 0.228 e. The summed E-state index contributed by atoms with van der Waals surface area (Å²) in [6, 6.07) is 3.95. The number of carbonyl (C=O) groups excluding carboxylic acids is 1. The second-order valence-corrected chi connectivity index (χ2v) is 7.07. The minimum absolute atomic E-state index is 0.0450. The molecular formula is C18H24N2O4. The first-order valence-electron chi connectivity index (χ1n) is 8.75. The molecule has 0 aromatic carbocycles. The molecule has 4 rings (SSSR count). The highest BCUT2D eigenvalue weighted by molar-refractivity contribution is 5.80. The average molecular weight is 332 g/mol. The second-order valence-electron chi connectivity index (χ2n) is 7.07. The summed E-state index contributed by atoms with van der Waals surface area (Å²) in [6.45, 7) is 3.93. The molecule has 2 atom stereocenters. The molecule has 0 aliphatic carbocycles. The van der Waals surface area contributed by atoms with E-state index in [9.17, 15) is 4.79 Å². The lowest BCUT2D eigenvalue weighted by Crippen LogP contribution is -2.68. The maximum absolute atomic E-state index is 12.4. The van der Waals surface area contributed by atoms with E-state index in [2.05, 4.69) is 4.98 Å². The summed E-state index contributed by atoms with van der Waals surface area (Å²) in [4.78, 5) is 18.4. The average Bonchev–Trinajstić information content (AvgIpc) is 3.13. The van der Waals surface area contributed by atoms with Crippen LogP contribution in [0.25, 0.3) is 0 Å². The molecule has 1 aromatic rings. The SMILES string of the molecule is O=C([C@H]1CCOC1)N1CC2(C[C@@H](OCc3cccnc3)CCO2)C1. The maximum atomic E-state index is 12.4. The van der Waals surface area contributed by atoms with Gasteiger partial charge in [0.15, 0.2) is 0 Å². The van der Waals surface area contributed by atoms with E-state index >= 15 is 0 Å². The van der Waals surface area contributed by atoms with Crippen LogP contribution in [0.3, 0.4) is 0 Å². The van der Waals surface area contributed by atoms with Gasteiger partial charge in [0.05, 0.1) is 38.3 Å². The lowest BCUT2D eigenvalue weighted by Gasteiger charge is -2.53. The van der Waals surface area contributed by atoms with Crippen molar-refractivity contribution in [3.63, 3.8) is 0 Å². The van der Waals surface area contributed by atoms with E-state index in [4.69, 9.17) is 14.2 Å². The number of hydrogen-bond donors (Lipinski definition) is 0. The summed E-state index contributed by atoms with van der Waals surface area (Å²) in [6.07, 6.45) is 6.40. The molecule has 0 unspecified atom stereocenters. The number of pyridine rings is 1. The lowest BCUT2D eigenvalue weighted by atomic mass is 9.84. The number of ether oxygens (including phenoxy) is 3. The Morgan fingerprint density at radius 1 is 1.38 bits per heavy atom. The molecule has 1 amide bonds. The van der Waals surface area contributed by atoms with E-state index in [-0.39, 0.29) is 23.5 Å². The molecule has 6 heteroatoms. The van der Waals surface area contributed by atoms with Gasteiger partial charge in [0.1, 0.15) is 5.60 Å². The molecule has 0 bridgehead atoms. The molecule has 24 heavy (non-hydrogen) atoms. The van der Waals surface area contributed by atoms with Gasteiger partial charge in [-0.15, -0.1) is 0 Å². The highest BCUT2D eigenvalue weighted by Crippen LogP contribution is 2.36. The largest absolute Gasteiger partial charge is 0.381 e. The van der Waals surface area contributed by atoms with Crippen LogP contribution in [0.4, 0.5) is 0 Å². The fourth-order valence-corrected chi connectivity index (χ4v) is 3.84. The second kappa shape index (κ2) is 6.78. The number of amides is 1. The highest BCUT2D eigenvalue weighted by Gasteiger charge is 2.50. The molecule has 3 aliphatic rings. The minimum Gasteiger partial charge on any atom is -0.381 e. The summed E-state index contributed by atoms with van der Waals surface area (Å²) in [5, 5.41) is 0. The molecule has 0 N–H and O–H groups in total. The zero-order chi connectivity index (χ0) is 16.4. The predicted molar refractivity (Wildman–Crippen MR) is 86.2 cm³/mol. The number of nitrogens with zero attached hydrogens (tertiary/aromatic N) is 2. The third-order valence-corrected chi connectivity index (χ3v) is 5.20. The summed E-state index contributed by atoms with van der Waals surface area (Å²) in [7, 11) is 0. The first-order valence-corrected chi connectivity index (χ1v) is 8.75. The van der Waals surface area contributed by atoms with E-state index in [1.54, 1.807) is 6.20 Å². The van der Waals surface area contributed by atoms with Crippen LogP contribution in [0.2, 0.25) is 0 Å². The Hall–Kier alpha value is -1.50. The van der Waals surface area contributed by atoms with Gasteiger partial charge >= 0.3 is 0 Å². The molecular weight excluding hydrogens is 308 g/mol. The van der Waals surface area contributed by atoms with E-state index in [1.807, 2.05) is 23.2 Å². The standard InChI is InChI=1S/C18H24N2O4/c21-17(15-3-6-22-11-15)20-12-18(13-20)8-16(4-7-24-18)23-10-14-2-1-5-19-9-14/h1-2,5,9,15-16H,3-4,6-8,10-13H2/t15-,16-/m0/s1. The number of rotatable bonds is 4. The van der Waals surface area contributed by atoms with Gasteiger partial charge in [-0.1, -0.05) is 6.07 Å². The topological polar surface area (TPSA) is 60.9 Å². The molecule has 3 aliphatic heterocycles. The van der Waals surface area contributed by atoms with Crippen molar-refractivity contribution in [3.8, 4) is 0 Å². The van der Waals surface area contributed by atoms with E-state index < -0.39 is 0 Å². The van der Waals surface area contributed by atoms with Crippen molar-refractivity contribution in [2.75, 3.05) is 32.9 Å². The van der Waals surface area contributed by atoms with Crippen molar-refractivity contribution in [1.82, 2.24) is 9.88 Å². The predicted octanol–water partition coefficient (Wildman–Crippen LogP) is 1.39. The van der Waals surface area contributed by atoms with Gasteiger partial charge < -0.3 is 19.1 Å². The Balaban J connectivity index is 1.27. The maximum Gasteiger partial charge on any atom is 0.228 e.